The molecule has 0 saturated heterocycles. The number of hydrogen-bond acceptors (Lipinski definition) is 3. The fourth-order valence-electron chi connectivity index (χ4n) is 1.26. The van der Waals surface area contributed by atoms with Crippen molar-refractivity contribution in [3.05, 3.63) is 12.2 Å². The summed E-state index contributed by atoms with van der Waals surface area (Å²) < 4.78 is 4.61. The second-order valence-electron chi connectivity index (χ2n) is 2.74. The highest BCUT2D eigenvalue weighted by Gasteiger charge is 2.26. The second kappa shape index (κ2) is 3.53. The monoisotopic (exact) mass is 155 g/mol. The molecule has 0 saturated carbocycles. The molecule has 0 aromatic carbocycles. The molecule has 11 heavy (non-hydrogen) atoms. The molecule has 1 aliphatic rings. The average Bonchev–Trinajstić information content (AvgIpc) is 2.04. The first-order valence-electron chi connectivity index (χ1n) is 3.74. The van der Waals surface area contributed by atoms with Gasteiger partial charge in [0.1, 0.15) is 0 Å². The zero-order chi connectivity index (χ0) is 8.27. The average molecular weight is 155 g/mol. The van der Waals surface area contributed by atoms with Gasteiger partial charge in [-0.15, -0.1) is 0 Å². The third kappa shape index (κ3) is 1.80. The van der Waals surface area contributed by atoms with Crippen LogP contribution in [0.2, 0.25) is 0 Å². The van der Waals surface area contributed by atoms with Crippen LogP contribution < -0.4 is 5.73 Å². The zero-order valence-corrected chi connectivity index (χ0v) is 6.62. The van der Waals surface area contributed by atoms with E-state index in [1.165, 1.54) is 7.11 Å². The number of carbonyl (C=O) groups is 1. The second-order valence-corrected chi connectivity index (χ2v) is 2.74. The van der Waals surface area contributed by atoms with E-state index < -0.39 is 0 Å². The maximum Gasteiger partial charge on any atom is 0.310 e. The molecule has 0 spiro atoms. The number of carbonyl (C=O) groups excluding carboxylic acids is 1. The predicted molar refractivity (Wildman–Crippen MR) is 41.9 cm³/mol. The van der Waals surface area contributed by atoms with E-state index >= 15 is 0 Å². The smallest absolute Gasteiger partial charge is 0.310 e. The molecule has 1 rings (SSSR count). The molecule has 0 bridgehead atoms. The van der Waals surface area contributed by atoms with Gasteiger partial charge < -0.3 is 10.5 Å². The van der Waals surface area contributed by atoms with Crippen molar-refractivity contribution in [1.29, 1.82) is 0 Å². The summed E-state index contributed by atoms with van der Waals surface area (Å²) >= 11 is 0. The van der Waals surface area contributed by atoms with Gasteiger partial charge in [0.25, 0.3) is 0 Å². The molecule has 3 heteroatoms. The molecule has 0 aliphatic heterocycles. The van der Waals surface area contributed by atoms with Crippen molar-refractivity contribution in [3.63, 3.8) is 0 Å². The molecule has 0 amide bonds. The summed E-state index contributed by atoms with van der Waals surface area (Å²) in [4.78, 5) is 11.0. The molecule has 0 heterocycles. The van der Waals surface area contributed by atoms with Gasteiger partial charge >= 0.3 is 5.97 Å². The van der Waals surface area contributed by atoms with Crippen molar-refractivity contribution in [2.45, 2.75) is 18.9 Å². The Morgan fingerprint density at radius 1 is 1.55 bits per heavy atom. The van der Waals surface area contributed by atoms with E-state index in [0.717, 1.165) is 6.42 Å². The van der Waals surface area contributed by atoms with Gasteiger partial charge in [-0.1, -0.05) is 12.2 Å². The van der Waals surface area contributed by atoms with Gasteiger partial charge in [-0.2, -0.15) is 0 Å². The standard InChI is InChI=1S/C8H13NO2/c1-11-8(10)6-4-2-3-5-7(6)9/h2-3,6-7H,4-5,9H2,1H3/t6-,7+/m0/s1. The van der Waals surface area contributed by atoms with Crippen LogP contribution in [0.4, 0.5) is 0 Å². The maximum atomic E-state index is 11.0. The summed E-state index contributed by atoms with van der Waals surface area (Å²) in [5.74, 6) is -0.327. The number of nitrogens with two attached hydrogens (primary N) is 1. The summed E-state index contributed by atoms with van der Waals surface area (Å²) in [5, 5.41) is 0. The fraction of sp³-hybridized carbons (Fsp3) is 0.625. The third-order valence-corrected chi connectivity index (χ3v) is 1.99. The topological polar surface area (TPSA) is 52.3 Å². The van der Waals surface area contributed by atoms with Crippen molar-refractivity contribution in [3.8, 4) is 0 Å². The van der Waals surface area contributed by atoms with Crippen LogP contribution in [0, 0.1) is 5.92 Å². The van der Waals surface area contributed by atoms with E-state index in [2.05, 4.69) is 4.74 Å². The Morgan fingerprint density at radius 3 is 2.73 bits per heavy atom. The van der Waals surface area contributed by atoms with Crippen molar-refractivity contribution in [1.82, 2.24) is 0 Å². The van der Waals surface area contributed by atoms with E-state index in [-0.39, 0.29) is 17.9 Å². The van der Waals surface area contributed by atoms with Gasteiger partial charge in [0.05, 0.1) is 13.0 Å². The molecule has 2 atom stereocenters. The SMILES string of the molecule is COC(=O)[C@H]1CC=CC[C@H]1N. The first-order chi connectivity index (χ1) is 5.25. The van der Waals surface area contributed by atoms with E-state index in [1.54, 1.807) is 0 Å². The highest BCUT2D eigenvalue weighted by atomic mass is 16.5. The van der Waals surface area contributed by atoms with Crippen LogP contribution in [0.15, 0.2) is 12.2 Å². The van der Waals surface area contributed by atoms with Crippen LogP contribution in [0.3, 0.4) is 0 Å². The molecule has 0 unspecified atom stereocenters. The van der Waals surface area contributed by atoms with Crippen LogP contribution in [0.5, 0.6) is 0 Å². The van der Waals surface area contributed by atoms with Gasteiger partial charge in [0, 0.05) is 6.04 Å². The molecule has 0 fully saturated rings. The van der Waals surface area contributed by atoms with Crippen LogP contribution in [-0.2, 0) is 9.53 Å². The maximum absolute atomic E-state index is 11.0. The molecule has 1 aliphatic carbocycles. The van der Waals surface area contributed by atoms with Gasteiger partial charge in [-0.25, -0.2) is 0 Å². The molecule has 62 valence electrons. The Kier molecular flexibility index (Phi) is 2.65. The highest BCUT2D eigenvalue weighted by Crippen LogP contribution is 2.18. The predicted octanol–water partition coefficient (Wildman–Crippen LogP) is 0.453. The fourth-order valence-corrected chi connectivity index (χ4v) is 1.26. The summed E-state index contributed by atoms with van der Waals surface area (Å²) in [6.45, 7) is 0. The normalized spacial score (nSPS) is 30.0. The number of esters is 1. The van der Waals surface area contributed by atoms with E-state index in [4.69, 9.17) is 5.73 Å². The number of rotatable bonds is 1. The van der Waals surface area contributed by atoms with E-state index in [1.807, 2.05) is 12.2 Å². The molecule has 0 aromatic rings. The highest BCUT2D eigenvalue weighted by molar-refractivity contribution is 5.73. The van der Waals surface area contributed by atoms with Gasteiger partial charge in [-0.3, -0.25) is 4.79 Å². The Bertz CT molecular complexity index is 177. The van der Waals surface area contributed by atoms with Crippen LogP contribution in [0.1, 0.15) is 12.8 Å². The molecule has 3 nitrogen and oxygen atoms in total. The largest absolute Gasteiger partial charge is 0.469 e. The molecule has 0 aromatic heterocycles. The minimum Gasteiger partial charge on any atom is -0.469 e. The molecular weight excluding hydrogens is 142 g/mol. The van der Waals surface area contributed by atoms with E-state index in [0.29, 0.717) is 6.42 Å². The Labute approximate surface area is 66.2 Å². The quantitative estimate of drug-likeness (QED) is 0.442. The number of methoxy groups -OCH3 is 1. The first kappa shape index (κ1) is 8.27. The van der Waals surface area contributed by atoms with Crippen molar-refractivity contribution < 1.29 is 9.53 Å². The molecule has 0 radical (unpaired) electrons. The van der Waals surface area contributed by atoms with Crippen LogP contribution >= 0.6 is 0 Å². The van der Waals surface area contributed by atoms with Gasteiger partial charge in [0.15, 0.2) is 0 Å². The third-order valence-electron chi connectivity index (χ3n) is 1.99. The molecule has 2 N–H and O–H groups in total. The number of hydrogen-bond donors (Lipinski definition) is 1. The van der Waals surface area contributed by atoms with Crippen LogP contribution in [-0.4, -0.2) is 19.1 Å². The Balaban J connectivity index is 2.56. The summed E-state index contributed by atoms with van der Waals surface area (Å²) in [5.41, 5.74) is 5.70. The van der Waals surface area contributed by atoms with Gasteiger partial charge in [-0.05, 0) is 12.8 Å². The van der Waals surface area contributed by atoms with Crippen LogP contribution in [0.25, 0.3) is 0 Å². The number of allylic oxidation sites excluding steroid dienone is 1. The first-order valence-corrected chi connectivity index (χ1v) is 3.74. The lowest BCUT2D eigenvalue weighted by atomic mass is 9.90. The summed E-state index contributed by atoms with van der Waals surface area (Å²) in [6.07, 6.45) is 5.47. The minimum absolute atomic E-state index is 0.0625. The van der Waals surface area contributed by atoms with Crippen molar-refractivity contribution in [2.75, 3.05) is 7.11 Å². The summed E-state index contributed by atoms with van der Waals surface area (Å²) in [6, 6.07) is -0.0625. The summed E-state index contributed by atoms with van der Waals surface area (Å²) in [7, 11) is 1.40. The minimum atomic E-state index is -0.193. The lowest BCUT2D eigenvalue weighted by Crippen LogP contribution is -2.37. The van der Waals surface area contributed by atoms with E-state index in [9.17, 15) is 4.79 Å². The Hall–Kier alpha value is -0.830. The Morgan fingerprint density at radius 2 is 2.18 bits per heavy atom. The molecular formula is C8H13NO2. The van der Waals surface area contributed by atoms with Crippen molar-refractivity contribution >= 4 is 5.97 Å². The van der Waals surface area contributed by atoms with Gasteiger partial charge in [0.2, 0.25) is 0 Å². The van der Waals surface area contributed by atoms with Crippen molar-refractivity contribution in [2.24, 2.45) is 11.7 Å². The lowest BCUT2D eigenvalue weighted by Gasteiger charge is -2.22. The lowest BCUT2D eigenvalue weighted by molar-refractivity contribution is -0.146. The zero-order valence-electron chi connectivity index (χ0n) is 6.62. The number of ether oxygens (including phenoxy) is 1.